The molecule has 0 spiro atoms. The molecule has 0 bridgehead atoms. The topological polar surface area (TPSA) is 87.7 Å². The molecular weight excluding hydrogens is 403 g/mol. The van der Waals surface area contributed by atoms with Crippen LogP contribution in [0.15, 0.2) is 24.3 Å². The number of carbonyl (C=O) groups is 3. The molecule has 1 aromatic carbocycles. The molecule has 0 aromatic heterocycles. The lowest BCUT2D eigenvalue weighted by Crippen LogP contribution is -2.50. The molecule has 1 heterocycles. The number of nitrogens with one attached hydrogen (secondary N) is 2. The van der Waals surface area contributed by atoms with Gasteiger partial charge >= 0.3 is 12.3 Å². The summed E-state index contributed by atoms with van der Waals surface area (Å²) in [6.07, 6.45) is -4.92. The fraction of sp³-hybridized carbons (Fsp3) is 0.550. The Bertz CT molecular complexity index is 783. The van der Waals surface area contributed by atoms with E-state index in [0.717, 1.165) is 6.07 Å². The Morgan fingerprint density at radius 1 is 1.27 bits per heavy atom. The number of rotatable bonds is 7. The fourth-order valence-electron chi connectivity index (χ4n) is 3.37. The summed E-state index contributed by atoms with van der Waals surface area (Å²) in [5, 5.41) is 5.17. The molecule has 2 N–H and O–H groups in total. The highest BCUT2D eigenvalue weighted by molar-refractivity contribution is 5.87. The number of hydrogen-bond donors (Lipinski definition) is 2. The second-order valence-corrected chi connectivity index (χ2v) is 7.66. The Balaban J connectivity index is 2.03. The van der Waals surface area contributed by atoms with Crippen molar-refractivity contribution in [2.24, 2.45) is 5.92 Å². The summed E-state index contributed by atoms with van der Waals surface area (Å²) in [5.74, 6) is -0.707. The average molecular weight is 429 g/mol. The van der Waals surface area contributed by atoms with Crippen LogP contribution in [0.5, 0.6) is 0 Å². The summed E-state index contributed by atoms with van der Waals surface area (Å²) in [4.78, 5) is 37.7. The van der Waals surface area contributed by atoms with Crippen LogP contribution in [0.1, 0.15) is 37.8 Å². The third-order valence-electron chi connectivity index (χ3n) is 4.75. The largest absolute Gasteiger partial charge is 0.453 e. The summed E-state index contributed by atoms with van der Waals surface area (Å²) < 4.78 is 44.1. The standard InChI is InChI=1S/C20H26F3N3O4/c1-12(2)8-16(25-19(29)30-3)18(28)24-14-9-17(27)26(11-14)10-13-6-4-5-7-15(13)20(21,22)23/h4-7,12,14,16H,8-11H2,1-3H3,(H,24,28)(H,25,29). The van der Waals surface area contributed by atoms with Crippen LogP contribution < -0.4 is 10.6 Å². The maximum Gasteiger partial charge on any atom is 0.416 e. The first kappa shape index (κ1) is 23.5. The predicted molar refractivity (Wildman–Crippen MR) is 102 cm³/mol. The number of benzene rings is 1. The lowest BCUT2D eigenvalue weighted by atomic mass is 10.0. The highest BCUT2D eigenvalue weighted by Gasteiger charge is 2.36. The molecule has 2 rings (SSSR count). The monoisotopic (exact) mass is 429 g/mol. The number of amides is 3. The summed E-state index contributed by atoms with van der Waals surface area (Å²) in [6.45, 7) is 3.66. The van der Waals surface area contributed by atoms with Crippen LogP contribution in [-0.4, -0.2) is 48.5 Å². The van der Waals surface area contributed by atoms with Gasteiger partial charge in [0.2, 0.25) is 11.8 Å². The molecule has 30 heavy (non-hydrogen) atoms. The zero-order chi connectivity index (χ0) is 22.5. The maximum absolute atomic E-state index is 13.2. The molecule has 0 aliphatic carbocycles. The van der Waals surface area contributed by atoms with Gasteiger partial charge in [-0.2, -0.15) is 13.2 Å². The van der Waals surface area contributed by atoms with Crippen molar-refractivity contribution < 1.29 is 32.3 Å². The van der Waals surface area contributed by atoms with E-state index in [2.05, 4.69) is 15.4 Å². The Morgan fingerprint density at radius 3 is 2.53 bits per heavy atom. The fourth-order valence-corrected chi connectivity index (χ4v) is 3.37. The second kappa shape index (κ2) is 9.82. The highest BCUT2D eigenvalue weighted by atomic mass is 19.4. The van der Waals surface area contributed by atoms with Gasteiger partial charge in [0, 0.05) is 19.5 Å². The molecule has 3 amide bonds. The van der Waals surface area contributed by atoms with Crippen molar-refractivity contribution in [3.05, 3.63) is 35.4 Å². The van der Waals surface area contributed by atoms with Crippen LogP contribution in [-0.2, 0) is 27.0 Å². The van der Waals surface area contributed by atoms with Gasteiger partial charge in [-0.05, 0) is 24.0 Å². The van der Waals surface area contributed by atoms with E-state index < -0.39 is 35.8 Å². The minimum absolute atomic E-state index is 0.00429. The first-order chi connectivity index (χ1) is 14.0. The minimum atomic E-state index is -4.52. The number of nitrogens with zero attached hydrogens (tertiary/aromatic N) is 1. The lowest BCUT2D eigenvalue weighted by molar-refractivity contribution is -0.139. The third kappa shape index (κ3) is 6.36. The van der Waals surface area contributed by atoms with Crippen LogP contribution in [0.4, 0.5) is 18.0 Å². The molecule has 1 saturated heterocycles. The minimum Gasteiger partial charge on any atom is -0.453 e. The van der Waals surface area contributed by atoms with Gasteiger partial charge in [-0.1, -0.05) is 32.0 Å². The summed E-state index contributed by atoms with van der Waals surface area (Å²) in [5.41, 5.74) is -0.792. The van der Waals surface area contributed by atoms with Gasteiger partial charge in [0.25, 0.3) is 0 Å². The quantitative estimate of drug-likeness (QED) is 0.698. The van der Waals surface area contributed by atoms with Crippen molar-refractivity contribution in [2.45, 2.75) is 51.5 Å². The third-order valence-corrected chi connectivity index (χ3v) is 4.75. The van der Waals surface area contributed by atoms with E-state index in [1.807, 2.05) is 13.8 Å². The van der Waals surface area contributed by atoms with Crippen molar-refractivity contribution in [1.82, 2.24) is 15.5 Å². The Labute approximate surface area is 172 Å². The number of halogens is 3. The Morgan fingerprint density at radius 2 is 1.93 bits per heavy atom. The van der Waals surface area contributed by atoms with E-state index in [1.54, 1.807) is 0 Å². The summed E-state index contributed by atoms with van der Waals surface area (Å²) in [7, 11) is 1.19. The smallest absolute Gasteiger partial charge is 0.416 e. The molecule has 2 unspecified atom stereocenters. The maximum atomic E-state index is 13.2. The highest BCUT2D eigenvalue weighted by Crippen LogP contribution is 2.32. The Hall–Kier alpha value is -2.78. The van der Waals surface area contributed by atoms with E-state index in [9.17, 15) is 27.6 Å². The van der Waals surface area contributed by atoms with Gasteiger partial charge in [-0.3, -0.25) is 9.59 Å². The predicted octanol–water partition coefficient (Wildman–Crippen LogP) is 2.69. The van der Waals surface area contributed by atoms with Crippen molar-refractivity contribution in [1.29, 1.82) is 0 Å². The number of methoxy groups -OCH3 is 1. The molecule has 1 aliphatic rings. The van der Waals surface area contributed by atoms with Gasteiger partial charge in [0.1, 0.15) is 6.04 Å². The normalized spacial score (nSPS) is 17.8. The summed E-state index contributed by atoms with van der Waals surface area (Å²) in [6, 6.07) is 3.69. The molecule has 1 aliphatic heterocycles. The van der Waals surface area contributed by atoms with E-state index >= 15 is 0 Å². The lowest BCUT2D eigenvalue weighted by Gasteiger charge is -2.22. The Kier molecular flexibility index (Phi) is 7.69. The molecule has 10 heteroatoms. The number of carbonyl (C=O) groups excluding carboxylic acids is 3. The molecular formula is C20H26F3N3O4. The molecule has 0 saturated carbocycles. The van der Waals surface area contributed by atoms with E-state index in [4.69, 9.17) is 0 Å². The molecule has 2 atom stereocenters. The van der Waals surface area contributed by atoms with Gasteiger partial charge < -0.3 is 20.3 Å². The molecule has 1 fully saturated rings. The number of ether oxygens (including phenoxy) is 1. The van der Waals surface area contributed by atoms with Crippen molar-refractivity contribution in [3.8, 4) is 0 Å². The van der Waals surface area contributed by atoms with Crippen molar-refractivity contribution >= 4 is 17.9 Å². The van der Waals surface area contributed by atoms with Crippen LogP contribution in [0.25, 0.3) is 0 Å². The van der Waals surface area contributed by atoms with Crippen LogP contribution in [0, 0.1) is 5.92 Å². The first-order valence-electron chi connectivity index (χ1n) is 9.59. The first-order valence-corrected chi connectivity index (χ1v) is 9.59. The molecule has 0 radical (unpaired) electrons. The van der Waals surface area contributed by atoms with Crippen molar-refractivity contribution in [2.75, 3.05) is 13.7 Å². The van der Waals surface area contributed by atoms with Gasteiger partial charge in [0.15, 0.2) is 0 Å². The summed E-state index contributed by atoms with van der Waals surface area (Å²) >= 11 is 0. The number of alkyl carbamates (subject to hydrolysis) is 1. The van der Waals surface area contributed by atoms with E-state index in [0.29, 0.717) is 6.42 Å². The van der Waals surface area contributed by atoms with Crippen molar-refractivity contribution in [3.63, 3.8) is 0 Å². The van der Waals surface area contributed by atoms with Gasteiger partial charge in [0.05, 0.1) is 18.7 Å². The van der Waals surface area contributed by atoms with E-state index in [-0.39, 0.29) is 36.9 Å². The average Bonchev–Trinajstić information content (AvgIpc) is 2.99. The second-order valence-electron chi connectivity index (χ2n) is 7.66. The number of alkyl halides is 3. The molecule has 1 aromatic rings. The van der Waals surface area contributed by atoms with Crippen LogP contribution >= 0.6 is 0 Å². The number of likely N-dealkylation sites (tertiary alicyclic amines) is 1. The van der Waals surface area contributed by atoms with Crippen LogP contribution in [0.2, 0.25) is 0 Å². The van der Waals surface area contributed by atoms with Crippen LogP contribution in [0.3, 0.4) is 0 Å². The number of hydrogen-bond acceptors (Lipinski definition) is 4. The zero-order valence-corrected chi connectivity index (χ0v) is 17.1. The molecule has 166 valence electrons. The zero-order valence-electron chi connectivity index (χ0n) is 17.1. The SMILES string of the molecule is COC(=O)NC(CC(C)C)C(=O)NC1CC(=O)N(Cc2ccccc2C(F)(F)F)C1. The van der Waals surface area contributed by atoms with Gasteiger partial charge in [-0.25, -0.2) is 4.79 Å². The molecule has 7 nitrogen and oxygen atoms in total. The van der Waals surface area contributed by atoms with Gasteiger partial charge in [-0.15, -0.1) is 0 Å². The van der Waals surface area contributed by atoms with E-state index in [1.165, 1.54) is 30.2 Å².